The highest BCUT2D eigenvalue weighted by Gasteiger charge is 2.26. The van der Waals surface area contributed by atoms with Crippen LogP contribution in [0.1, 0.15) is 43.1 Å². The van der Waals surface area contributed by atoms with Crippen molar-refractivity contribution in [3.63, 3.8) is 0 Å². The molecule has 3 rings (SSSR count). The van der Waals surface area contributed by atoms with Crippen molar-refractivity contribution in [1.82, 2.24) is 20.2 Å². The molecule has 2 N–H and O–H groups in total. The van der Waals surface area contributed by atoms with Crippen molar-refractivity contribution in [1.29, 1.82) is 0 Å². The molecule has 0 saturated carbocycles. The van der Waals surface area contributed by atoms with E-state index in [1.165, 1.54) is 12.1 Å². The summed E-state index contributed by atoms with van der Waals surface area (Å²) in [6.07, 6.45) is 7.35. The number of nitrogens with one attached hydrogen (secondary N) is 2. The van der Waals surface area contributed by atoms with E-state index < -0.39 is 0 Å². The number of aromatic amines is 1. The van der Waals surface area contributed by atoms with Crippen LogP contribution in [0.25, 0.3) is 0 Å². The van der Waals surface area contributed by atoms with Crippen molar-refractivity contribution in [3.8, 4) is 0 Å². The summed E-state index contributed by atoms with van der Waals surface area (Å²) in [6.45, 7) is 1.05. The number of urea groups is 1. The van der Waals surface area contributed by atoms with Gasteiger partial charge in [-0.15, -0.1) is 0 Å². The van der Waals surface area contributed by atoms with Gasteiger partial charge in [0.2, 0.25) is 0 Å². The molecule has 23 heavy (non-hydrogen) atoms. The van der Waals surface area contributed by atoms with Crippen LogP contribution < -0.4 is 5.32 Å². The van der Waals surface area contributed by atoms with Gasteiger partial charge in [-0.25, -0.2) is 14.2 Å². The predicted octanol–water partition coefficient (Wildman–Crippen LogP) is 3.38. The van der Waals surface area contributed by atoms with E-state index in [1.807, 2.05) is 11.0 Å². The first kappa shape index (κ1) is 15.5. The summed E-state index contributed by atoms with van der Waals surface area (Å²) in [6, 6.07) is 6.35. The molecular formula is C17H21FN4O. The van der Waals surface area contributed by atoms with Crippen LogP contribution in [0.5, 0.6) is 0 Å². The average molecular weight is 316 g/mol. The van der Waals surface area contributed by atoms with Gasteiger partial charge in [0, 0.05) is 18.9 Å². The van der Waals surface area contributed by atoms with E-state index >= 15 is 0 Å². The molecule has 0 bridgehead atoms. The summed E-state index contributed by atoms with van der Waals surface area (Å²) in [5.41, 5.74) is 0.861. The quantitative estimate of drug-likeness (QED) is 0.912. The second-order valence-electron chi connectivity index (χ2n) is 5.81. The van der Waals surface area contributed by atoms with Gasteiger partial charge in [-0.3, -0.25) is 0 Å². The topological polar surface area (TPSA) is 61.0 Å². The largest absolute Gasteiger partial charge is 0.347 e. The number of H-pyrrole nitrogens is 1. The van der Waals surface area contributed by atoms with Crippen LogP contribution in [0.4, 0.5) is 9.18 Å². The van der Waals surface area contributed by atoms with Crippen molar-refractivity contribution in [2.24, 2.45) is 0 Å². The number of hydrogen-bond acceptors (Lipinski definition) is 2. The third kappa shape index (κ3) is 3.88. The van der Waals surface area contributed by atoms with Crippen molar-refractivity contribution in [3.05, 3.63) is 53.9 Å². The molecule has 0 radical (unpaired) electrons. The molecule has 0 spiro atoms. The van der Waals surface area contributed by atoms with Crippen LogP contribution in [0.15, 0.2) is 36.7 Å². The maximum Gasteiger partial charge on any atom is 0.318 e. The number of nitrogens with zero attached hydrogens (tertiary/aromatic N) is 2. The van der Waals surface area contributed by atoms with E-state index in [9.17, 15) is 9.18 Å². The Bertz CT molecular complexity index is 644. The maximum absolute atomic E-state index is 13.6. The summed E-state index contributed by atoms with van der Waals surface area (Å²) in [7, 11) is 0. The minimum Gasteiger partial charge on any atom is -0.347 e. The second kappa shape index (κ2) is 7.26. The molecule has 1 fully saturated rings. The lowest BCUT2D eigenvalue weighted by molar-refractivity contribution is 0.175. The first-order chi connectivity index (χ1) is 11.2. The number of carbonyl (C=O) groups excluding carboxylic acids is 1. The summed E-state index contributed by atoms with van der Waals surface area (Å²) in [5, 5.41) is 2.90. The first-order valence-electron chi connectivity index (χ1n) is 8.02. The fourth-order valence-electron chi connectivity index (χ4n) is 3.07. The van der Waals surface area contributed by atoms with Crippen LogP contribution in [0.2, 0.25) is 0 Å². The SMILES string of the molecule is O=C(NCc1ncc[nH]1)N1CCCCCC1c1cccc(F)c1. The van der Waals surface area contributed by atoms with Crippen LogP contribution in [-0.4, -0.2) is 27.4 Å². The predicted molar refractivity (Wildman–Crippen MR) is 85.1 cm³/mol. The molecule has 1 saturated heterocycles. The van der Waals surface area contributed by atoms with Crippen LogP contribution in [-0.2, 0) is 6.54 Å². The van der Waals surface area contributed by atoms with Crippen LogP contribution >= 0.6 is 0 Å². The Kier molecular flexibility index (Phi) is 4.90. The number of rotatable bonds is 3. The van der Waals surface area contributed by atoms with E-state index in [2.05, 4.69) is 15.3 Å². The zero-order valence-electron chi connectivity index (χ0n) is 13.0. The Balaban J connectivity index is 1.74. The number of carbonyl (C=O) groups is 1. The third-order valence-electron chi connectivity index (χ3n) is 4.21. The number of imidazole rings is 1. The molecule has 1 aliphatic heterocycles. The number of amides is 2. The molecule has 2 heterocycles. The highest BCUT2D eigenvalue weighted by molar-refractivity contribution is 5.74. The Labute approximate surface area is 134 Å². The van der Waals surface area contributed by atoms with E-state index in [0.717, 1.165) is 37.1 Å². The number of halogens is 1. The smallest absolute Gasteiger partial charge is 0.318 e. The first-order valence-corrected chi connectivity index (χ1v) is 8.02. The van der Waals surface area contributed by atoms with Crippen LogP contribution in [0.3, 0.4) is 0 Å². The zero-order chi connectivity index (χ0) is 16.1. The number of benzene rings is 1. The van der Waals surface area contributed by atoms with Gasteiger partial charge in [0.15, 0.2) is 0 Å². The monoisotopic (exact) mass is 316 g/mol. The molecule has 1 aromatic carbocycles. The molecule has 1 atom stereocenters. The molecule has 2 aromatic rings. The second-order valence-corrected chi connectivity index (χ2v) is 5.81. The van der Waals surface area contributed by atoms with E-state index in [-0.39, 0.29) is 17.9 Å². The Morgan fingerprint density at radius 2 is 2.30 bits per heavy atom. The molecule has 5 nitrogen and oxygen atoms in total. The molecule has 1 unspecified atom stereocenters. The number of hydrogen-bond donors (Lipinski definition) is 2. The molecule has 1 aromatic heterocycles. The van der Waals surface area contributed by atoms with E-state index in [0.29, 0.717) is 13.1 Å². The molecule has 0 aliphatic carbocycles. The minimum absolute atomic E-state index is 0.0789. The van der Waals surface area contributed by atoms with Gasteiger partial charge in [0.1, 0.15) is 11.6 Å². The van der Waals surface area contributed by atoms with Crippen molar-refractivity contribution in [2.75, 3.05) is 6.54 Å². The number of likely N-dealkylation sites (tertiary alicyclic amines) is 1. The summed E-state index contributed by atoms with van der Waals surface area (Å²) >= 11 is 0. The van der Waals surface area contributed by atoms with Gasteiger partial charge >= 0.3 is 6.03 Å². The Morgan fingerprint density at radius 1 is 1.39 bits per heavy atom. The maximum atomic E-state index is 13.6. The normalized spacial score (nSPS) is 18.5. The van der Waals surface area contributed by atoms with E-state index in [1.54, 1.807) is 18.5 Å². The van der Waals surface area contributed by atoms with Gasteiger partial charge in [-0.2, -0.15) is 0 Å². The van der Waals surface area contributed by atoms with Gasteiger partial charge in [0.05, 0.1) is 12.6 Å². The zero-order valence-corrected chi connectivity index (χ0v) is 13.0. The van der Waals surface area contributed by atoms with E-state index in [4.69, 9.17) is 0 Å². The van der Waals surface area contributed by atoms with Gasteiger partial charge in [-0.1, -0.05) is 25.0 Å². The standard InChI is InChI=1S/C17H21FN4O/c18-14-6-4-5-13(11-14)15-7-2-1-3-10-22(15)17(23)21-12-16-19-8-9-20-16/h4-6,8-9,11,15H,1-3,7,10,12H2,(H,19,20)(H,21,23). The summed E-state index contributed by atoms with van der Waals surface area (Å²) in [4.78, 5) is 21.5. The van der Waals surface area contributed by atoms with Gasteiger partial charge < -0.3 is 15.2 Å². The minimum atomic E-state index is -0.261. The highest BCUT2D eigenvalue weighted by atomic mass is 19.1. The summed E-state index contributed by atoms with van der Waals surface area (Å²) in [5.74, 6) is 0.457. The Morgan fingerprint density at radius 3 is 3.09 bits per heavy atom. The lowest BCUT2D eigenvalue weighted by Gasteiger charge is -2.30. The molecule has 122 valence electrons. The van der Waals surface area contributed by atoms with Crippen LogP contribution in [0, 0.1) is 5.82 Å². The number of aromatic nitrogens is 2. The molecular weight excluding hydrogens is 295 g/mol. The molecule has 2 amide bonds. The lowest BCUT2D eigenvalue weighted by atomic mass is 10.0. The molecule has 1 aliphatic rings. The van der Waals surface area contributed by atoms with Gasteiger partial charge in [-0.05, 0) is 30.5 Å². The average Bonchev–Trinajstić information content (AvgIpc) is 2.95. The van der Waals surface area contributed by atoms with Crippen molar-refractivity contribution < 1.29 is 9.18 Å². The fraction of sp³-hybridized carbons (Fsp3) is 0.412. The highest BCUT2D eigenvalue weighted by Crippen LogP contribution is 2.30. The van der Waals surface area contributed by atoms with Crippen molar-refractivity contribution in [2.45, 2.75) is 38.3 Å². The fourth-order valence-corrected chi connectivity index (χ4v) is 3.07. The Hall–Kier alpha value is -2.37. The lowest BCUT2D eigenvalue weighted by Crippen LogP contribution is -2.42. The third-order valence-corrected chi connectivity index (χ3v) is 4.21. The van der Waals surface area contributed by atoms with Gasteiger partial charge in [0.25, 0.3) is 0 Å². The van der Waals surface area contributed by atoms with Crippen molar-refractivity contribution >= 4 is 6.03 Å². The summed E-state index contributed by atoms with van der Waals surface area (Å²) < 4.78 is 13.6. The molecule has 6 heteroatoms.